The molecule has 0 radical (unpaired) electrons. The predicted molar refractivity (Wildman–Crippen MR) is 71.5 cm³/mol. The normalized spacial score (nSPS) is 16.4. The third-order valence-electron chi connectivity index (χ3n) is 2.89. The smallest absolute Gasteiger partial charge is 0.247 e. The summed E-state index contributed by atoms with van der Waals surface area (Å²) in [6, 6.07) is 1.66. The fourth-order valence-corrected chi connectivity index (χ4v) is 4.62. The van der Waals surface area contributed by atoms with Crippen molar-refractivity contribution in [3.63, 3.8) is 0 Å². The average molecular weight is 337 g/mol. The quantitative estimate of drug-likeness (QED) is 0.862. The van der Waals surface area contributed by atoms with E-state index < -0.39 is 10.0 Å². The van der Waals surface area contributed by atoms with E-state index in [4.69, 9.17) is 10.2 Å². The zero-order valence-corrected chi connectivity index (χ0v) is 12.6. The highest BCUT2D eigenvalue weighted by atomic mass is 79.9. The van der Waals surface area contributed by atoms with Gasteiger partial charge in [-0.3, -0.25) is 0 Å². The highest BCUT2D eigenvalue weighted by molar-refractivity contribution is 9.10. The van der Waals surface area contributed by atoms with Gasteiger partial charge in [0.2, 0.25) is 10.0 Å². The molecule has 0 aliphatic heterocycles. The lowest BCUT2D eigenvalue weighted by Crippen LogP contribution is -2.33. The first kappa shape index (κ1) is 14.0. The van der Waals surface area contributed by atoms with E-state index >= 15 is 0 Å². The summed E-state index contributed by atoms with van der Waals surface area (Å²) in [5.74, 6) is 0.465. The Morgan fingerprint density at radius 3 is 2.67 bits per heavy atom. The van der Waals surface area contributed by atoms with Crippen LogP contribution in [0, 0.1) is 0 Å². The maximum absolute atomic E-state index is 12.5. The van der Waals surface area contributed by atoms with Crippen molar-refractivity contribution in [1.82, 2.24) is 4.31 Å². The van der Waals surface area contributed by atoms with Crippen LogP contribution >= 0.6 is 15.9 Å². The van der Waals surface area contributed by atoms with Gasteiger partial charge in [-0.05, 0) is 35.2 Å². The van der Waals surface area contributed by atoms with Crippen LogP contribution in [0.1, 0.15) is 31.9 Å². The second kappa shape index (κ2) is 5.32. The number of halogens is 1. The molecule has 1 aliphatic rings. The Labute approximate surface area is 116 Å². The second-order valence-corrected chi connectivity index (χ2v) is 6.98. The van der Waals surface area contributed by atoms with Gasteiger partial charge in [0, 0.05) is 18.7 Å². The van der Waals surface area contributed by atoms with Crippen molar-refractivity contribution in [2.75, 3.05) is 6.54 Å². The molecule has 0 bridgehead atoms. The number of sulfonamides is 1. The van der Waals surface area contributed by atoms with Crippen molar-refractivity contribution in [3.05, 3.63) is 16.5 Å². The number of hydrogen-bond acceptors (Lipinski definition) is 4. The van der Waals surface area contributed by atoms with E-state index in [-0.39, 0.29) is 22.2 Å². The van der Waals surface area contributed by atoms with Crippen LogP contribution in [0.15, 0.2) is 20.0 Å². The van der Waals surface area contributed by atoms with Gasteiger partial charge in [-0.2, -0.15) is 4.31 Å². The minimum absolute atomic E-state index is 0.151. The molecule has 1 aromatic heterocycles. The molecule has 0 atom stereocenters. The summed E-state index contributed by atoms with van der Waals surface area (Å²) in [5, 5.41) is 0. The molecule has 0 aromatic carbocycles. The largest absolute Gasteiger partial charge is 0.452 e. The van der Waals surface area contributed by atoms with Crippen molar-refractivity contribution < 1.29 is 12.8 Å². The summed E-state index contributed by atoms with van der Waals surface area (Å²) in [5.41, 5.74) is 5.46. The lowest BCUT2D eigenvalue weighted by Gasteiger charge is -2.20. The van der Waals surface area contributed by atoms with Crippen molar-refractivity contribution in [1.29, 1.82) is 0 Å². The minimum atomic E-state index is -3.48. The number of nitrogens with two attached hydrogens (primary N) is 1. The van der Waals surface area contributed by atoms with Crippen LogP contribution in [0.5, 0.6) is 0 Å². The highest BCUT2D eigenvalue weighted by Gasteiger charge is 2.39. The van der Waals surface area contributed by atoms with Crippen molar-refractivity contribution >= 4 is 26.0 Å². The second-order valence-electron chi connectivity index (χ2n) is 4.40. The molecule has 1 aromatic rings. The van der Waals surface area contributed by atoms with Gasteiger partial charge in [0.25, 0.3) is 0 Å². The number of furan rings is 1. The third kappa shape index (κ3) is 2.64. The zero-order chi connectivity index (χ0) is 13.3. The summed E-state index contributed by atoms with van der Waals surface area (Å²) in [7, 11) is -3.48. The van der Waals surface area contributed by atoms with E-state index in [1.54, 1.807) is 4.31 Å². The summed E-state index contributed by atoms with van der Waals surface area (Å²) < 4.78 is 32.2. The van der Waals surface area contributed by atoms with E-state index in [2.05, 4.69) is 15.9 Å². The Morgan fingerprint density at radius 2 is 2.22 bits per heavy atom. The Bertz CT molecular complexity index is 522. The molecule has 5 nitrogen and oxygen atoms in total. The van der Waals surface area contributed by atoms with Crippen molar-refractivity contribution in [2.24, 2.45) is 5.73 Å². The van der Waals surface area contributed by atoms with Crippen LogP contribution in [0.3, 0.4) is 0 Å². The number of hydrogen-bond donors (Lipinski definition) is 1. The monoisotopic (exact) mass is 336 g/mol. The van der Waals surface area contributed by atoms with Gasteiger partial charge < -0.3 is 10.2 Å². The first-order chi connectivity index (χ1) is 8.50. The molecule has 2 N–H and O–H groups in total. The SMILES string of the molecule is CCCN(C1CC1)S(=O)(=O)c1cc(CN)oc1Br. The maximum atomic E-state index is 12.5. The van der Waals surface area contributed by atoms with E-state index in [9.17, 15) is 8.42 Å². The van der Waals surface area contributed by atoms with Crippen LogP contribution in [-0.2, 0) is 16.6 Å². The maximum Gasteiger partial charge on any atom is 0.247 e. The molecule has 0 spiro atoms. The molecule has 1 fully saturated rings. The van der Waals surface area contributed by atoms with E-state index in [1.807, 2.05) is 6.92 Å². The predicted octanol–water partition coefficient (Wildman–Crippen LogP) is 2.06. The first-order valence-corrected chi connectivity index (χ1v) is 8.24. The third-order valence-corrected chi connectivity index (χ3v) is 5.70. The molecular formula is C11H17BrN2O3S. The Balaban J connectivity index is 2.35. The van der Waals surface area contributed by atoms with Gasteiger partial charge >= 0.3 is 0 Å². The zero-order valence-electron chi connectivity index (χ0n) is 10.2. The minimum Gasteiger partial charge on any atom is -0.452 e. The fraction of sp³-hybridized carbons (Fsp3) is 0.636. The molecule has 102 valence electrons. The van der Waals surface area contributed by atoms with E-state index in [1.165, 1.54) is 6.07 Å². The lowest BCUT2D eigenvalue weighted by molar-refractivity contribution is 0.401. The van der Waals surface area contributed by atoms with Crippen molar-refractivity contribution in [2.45, 2.75) is 43.7 Å². The van der Waals surface area contributed by atoms with Gasteiger partial charge in [0.15, 0.2) is 4.67 Å². The molecule has 1 heterocycles. The Kier molecular flexibility index (Phi) is 4.15. The summed E-state index contributed by atoms with van der Waals surface area (Å²) >= 11 is 3.15. The first-order valence-electron chi connectivity index (χ1n) is 6.00. The molecule has 1 aliphatic carbocycles. The van der Waals surface area contributed by atoms with E-state index in [0.29, 0.717) is 12.3 Å². The van der Waals surface area contributed by atoms with Gasteiger partial charge in [0.05, 0.1) is 6.54 Å². The molecule has 0 saturated heterocycles. The Hall–Kier alpha value is -0.370. The van der Waals surface area contributed by atoms with Gasteiger partial charge in [-0.1, -0.05) is 6.92 Å². The van der Waals surface area contributed by atoms with Crippen molar-refractivity contribution in [3.8, 4) is 0 Å². The summed E-state index contributed by atoms with van der Waals surface area (Å²) in [6.45, 7) is 2.70. The molecule has 2 rings (SSSR count). The molecule has 1 saturated carbocycles. The van der Waals surface area contributed by atoms with Crippen LogP contribution in [0.25, 0.3) is 0 Å². The number of rotatable bonds is 6. The van der Waals surface area contributed by atoms with Gasteiger partial charge in [-0.15, -0.1) is 0 Å². The average Bonchev–Trinajstić information content (AvgIpc) is 3.08. The number of nitrogens with zero attached hydrogens (tertiary/aromatic N) is 1. The van der Waals surface area contributed by atoms with Crippen LogP contribution in [0.2, 0.25) is 0 Å². The van der Waals surface area contributed by atoms with Crippen LogP contribution < -0.4 is 5.73 Å². The molecular weight excluding hydrogens is 320 g/mol. The topological polar surface area (TPSA) is 76.5 Å². The Morgan fingerprint density at radius 1 is 1.56 bits per heavy atom. The fourth-order valence-electron chi connectivity index (χ4n) is 1.88. The molecule has 0 amide bonds. The van der Waals surface area contributed by atoms with Crippen LogP contribution in [-0.4, -0.2) is 25.3 Å². The molecule has 18 heavy (non-hydrogen) atoms. The molecule has 7 heteroatoms. The standard InChI is InChI=1S/C11H17BrN2O3S/c1-2-5-14(8-3-4-8)18(15,16)10-6-9(7-13)17-11(10)12/h6,8H,2-5,7,13H2,1H3. The van der Waals surface area contributed by atoms with Gasteiger partial charge in [-0.25, -0.2) is 8.42 Å². The molecule has 0 unspecified atom stereocenters. The summed E-state index contributed by atoms with van der Waals surface area (Å²) in [6.07, 6.45) is 2.69. The lowest BCUT2D eigenvalue weighted by atomic mass is 10.5. The van der Waals surface area contributed by atoms with Crippen LogP contribution in [0.4, 0.5) is 0 Å². The highest BCUT2D eigenvalue weighted by Crippen LogP contribution is 2.35. The summed E-state index contributed by atoms with van der Waals surface area (Å²) in [4.78, 5) is 0.184. The van der Waals surface area contributed by atoms with E-state index in [0.717, 1.165) is 19.3 Å². The van der Waals surface area contributed by atoms with Gasteiger partial charge in [0.1, 0.15) is 10.7 Å².